The van der Waals surface area contributed by atoms with Gasteiger partial charge in [0.25, 0.3) is 0 Å². The van der Waals surface area contributed by atoms with Crippen molar-refractivity contribution in [1.29, 1.82) is 0 Å². The van der Waals surface area contributed by atoms with Gasteiger partial charge in [0, 0.05) is 11.3 Å². The molecule has 0 fully saturated rings. The van der Waals surface area contributed by atoms with Crippen molar-refractivity contribution in [3.8, 4) is 0 Å². The molecule has 0 aliphatic carbocycles. The molecule has 0 bridgehead atoms. The summed E-state index contributed by atoms with van der Waals surface area (Å²) < 4.78 is 13.9. The van der Waals surface area contributed by atoms with E-state index in [2.05, 4.69) is 23.3 Å². The summed E-state index contributed by atoms with van der Waals surface area (Å²) in [6.45, 7) is 13.7. The van der Waals surface area contributed by atoms with Crippen molar-refractivity contribution in [2.45, 2.75) is 33.2 Å². The number of hydrogen-bond donors (Lipinski definition) is 0. The van der Waals surface area contributed by atoms with Gasteiger partial charge in [-0.1, -0.05) is 43.8 Å². The first-order valence-electron chi connectivity index (χ1n) is 8.43. The molecule has 0 aromatic heterocycles. The van der Waals surface area contributed by atoms with Gasteiger partial charge in [0.2, 0.25) is 0 Å². The normalized spacial score (nSPS) is 16.2. The van der Waals surface area contributed by atoms with Crippen LogP contribution in [-0.2, 0) is 0 Å². The Labute approximate surface area is 159 Å². The van der Waals surface area contributed by atoms with E-state index >= 15 is 0 Å². The molecule has 26 heavy (non-hydrogen) atoms. The van der Waals surface area contributed by atoms with Crippen LogP contribution in [0, 0.1) is 5.82 Å². The standard InChI is InChI=1S/C21H23ClFN3/c1-6-8-20(25-14(3)4)17-11-15(5)26(24-13-17)21(7-2)16-9-10-18(22)19(23)12-16/h6,8-13,21H,3,5,7H2,1-2,4H3/b8-6-,25-20?. The number of nitrogens with zero attached hydrogens (tertiary/aromatic N) is 3. The van der Waals surface area contributed by atoms with E-state index in [1.54, 1.807) is 17.3 Å². The molecule has 2 rings (SSSR count). The minimum atomic E-state index is -0.436. The number of allylic oxidation sites excluding steroid dienone is 5. The molecule has 1 unspecified atom stereocenters. The summed E-state index contributed by atoms with van der Waals surface area (Å²) in [6, 6.07) is 4.70. The van der Waals surface area contributed by atoms with Gasteiger partial charge in [0.1, 0.15) is 5.82 Å². The van der Waals surface area contributed by atoms with Gasteiger partial charge in [0.05, 0.1) is 28.7 Å². The van der Waals surface area contributed by atoms with Gasteiger partial charge in [-0.25, -0.2) is 4.39 Å². The zero-order valence-electron chi connectivity index (χ0n) is 15.3. The number of halogens is 2. The molecule has 1 aliphatic heterocycles. The number of rotatable bonds is 6. The Kier molecular flexibility index (Phi) is 6.70. The molecule has 0 amide bonds. The molecule has 1 aromatic rings. The van der Waals surface area contributed by atoms with Gasteiger partial charge >= 0.3 is 0 Å². The molecular formula is C21H23ClFN3. The summed E-state index contributed by atoms with van der Waals surface area (Å²) in [5.41, 5.74) is 3.85. The lowest BCUT2D eigenvalue weighted by molar-refractivity contribution is 0.268. The Morgan fingerprint density at radius 2 is 2.19 bits per heavy atom. The number of hydrogen-bond acceptors (Lipinski definition) is 3. The van der Waals surface area contributed by atoms with Crippen LogP contribution in [0.15, 0.2) is 76.6 Å². The highest BCUT2D eigenvalue weighted by atomic mass is 35.5. The Bertz CT molecular complexity index is 834. The van der Waals surface area contributed by atoms with Crippen molar-refractivity contribution in [2.75, 3.05) is 0 Å². The fourth-order valence-electron chi connectivity index (χ4n) is 2.73. The molecule has 0 saturated heterocycles. The third kappa shape index (κ3) is 4.58. The van der Waals surface area contributed by atoms with E-state index in [4.69, 9.17) is 11.6 Å². The van der Waals surface area contributed by atoms with Crippen LogP contribution in [0.3, 0.4) is 0 Å². The lowest BCUT2D eigenvalue weighted by atomic mass is 10.0. The van der Waals surface area contributed by atoms with E-state index in [0.717, 1.165) is 23.3 Å². The fourth-order valence-corrected chi connectivity index (χ4v) is 2.85. The quantitative estimate of drug-likeness (QED) is 0.545. The van der Waals surface area contributed by atoms with Crippen molar-refractivity contribution in [3.63, 3.8) is 0 Å². The van der Waals surface area contributed by atoms with Crippen LogP contribution in [0.1, 0.15) is 38.8 Å². The molecule has 1 atom stereocenters. The average molecular weight is 372 g/mol. The Hall–Kier alpha value is -2.46. The summed E-state index contributed by atoms with van der Waals surface area (Å²) in [5.74, 6) is -0.436. The maximum Gasteiger partial charge on any atom is 0.142 e. The van der Waals surface area contributed by atoms with Crippen LogP contribution >= 0.6 is 11.6 Å². The van der Waals surface area contributed by atoms with Gasteiger partial charge in [-0.15, -0.1) is 0 Å². The Morgan fingerprint density at radius 1 is 1.46 bits per heavy atom. The molecule has 1 heterocycles. The second-order valence-electron chi connectivity index (χ2n) is 6.01. The SMILES string of the molecule is C=C(C)N=C(/C=C\C)C1=CC(=C)N(C(CC)c2ccc(Cl)c(F)c2)N=C1. The fraction of sp³-hybridized carbons (Fsp3) is 0.238. The first-order chi connectivity index (χ1) is 12.4. The lowest BCUT2D eigenvalue weighted by Gasteiger charge is -2.31. The summed E-state index contributed by atoms with van der Waals surface area (Å²) in [7, 11) is 0. The first-order valence-corrected chi connectivity index (χ1v) is 8.81. The maximum atomic E-state index is 13.9. The van der Waals surface area contributed by atoms with E-state index in [0.29, 0.717) is 11.4 Å². The van der Waals surface area contributed by atoms with Gasteiger partial charge in [-0.05, 0) is 50.1 Å². The van der Waals surface area contributed by atoms with Crippen molar-refractivity contribution < 1.29 is 4.39 Å². The highest BCUT2D eigenvalue weighted by Gasteiger charge is 2.23. The Balaban J connectivity index is 2.33. The molecular weight excluding hydrogens is 349 g/mol. The van der Waals surface area contributed by atoms with E-state index in [1.807, 2.05) is 45.1 Å². The van der Waals surface area contributed by atoms with E-state index < -0.39 is 5.82 Å². The first kappa shape index (κ1) is 19.9. The van der Waals surface area contributed by atoms with Crippen molar-refractivity contribution in [3.05, 3.63) is 83.0 Å². The van der Waals surface area contributed by atoms with Crippen LogP contribution in [0.2, 0.25) is 5.02 Å². The molecule has 1 aromatic carbocycles. The molecule has 1 aliphatic rings. The summed E-state index contributed by atoms with van der Waals surface area (Å²) in [4.78, 5) is 4.45. The second kappa shape index (κ2) is 8.77. The van der Waals surface area contributed by atoms with Gasteiger partial charge in [0.15, 0.2) is 0 Å². The molecule has 0 radical (unpaired) electrons. The lowest BCUT2D eigenvalue weighted by Crippen LogP contribution is -2.25. The second-order valence-corrected chi connectivity index (χ2v) is 6.42. The predicted octanol–water partition coefficient (Wildman–Crippen LogP) is 6.22. The average Bonchev–Trinajstić information content (AvgIpc) is 2.59. The molecule has 0 spiro atoms. The number of aliphatic imine (C=N–C) groups is 1. The van der Waals surface area contributed by atoms with Crippen LogP contribution in [0.4, 0.5) is 4.39 Å². The largest absolute Gasteiger partial charge is 0.259 e. The molecule has 0 N–H and O–H groups in total. The third-order valence-electron chi connectivity index (χ3n) is 3.88. The summed E-state index contributed by atoms with van der Waals surface area (Å²) in [6.07, 6.45) is 8.22. The molecule has 136 valence electrons. The topological polar surface area (TPSA) is 28.0 Å². The van der Waals surface area contributed by atoms with Gasteiger partial charge in [-0.2, -0.15) is 5.10 Å². The van der Waals surface area contributed by atoms with Gasteiger partial charge in [-0.3, -0.25) is 10.0 Å². The molecule has 3 nitrogen and oxygen atoms in total. The highest BCUT2D eigenvalue weighted by Crippen LogP contribution is 2.32. The van der Waals surface area contributed by atoms with Crippen LogP contribution in [0.25, 0.3) is 0 Å². The van der Waals surface area contributed by atoms with Crippen molar-refractivity contribution in [2.24, 2.45) is 10.1 Å². The summed E-state index contributed by atoms with van der Waals surface area (Å²) >= 11 is 5.80. The minimum absolute atomic E-state index is 0.110. The molecule has 5 heteroatoms. The zero-order chi connectivity index (χ0) is 19.3. The van der Waals surface area contributed by atoms with Crippen LogP contribution < -0.4 is 0 Å². The molecule has 0 saturated carbocycles. The van der Waals surface area contributed by atoms with Gasteiger partial charge < -0.3 is 0 Å². The number of benzene rings is 1. The van der Waals surface area contributed by atoms with Crippen molar-refractivity contribution in [1.82, 2.24) is 5.01 Å². The van der Waals surface area contributed by atoms with E-state index in [-0.39, 0.29) is 11.1 Å². The monoisotopic (exact) mass is 371 g/mol. The predicted molar refractivity (Wildman–Crippen MR) is 109 cm³/mol. The van der Waals surface area contributed by atoms with Crippen LogP contribution in [-0.4, -0.2) is 16.9 Å². The smallest absolute Gasteiger partial charge is 0.142 e. The zero-order valence-corrected chi connectivity index (χ0v) is 16.1. The van der Waals surface area contributed by atoms with E-state index in [1.165, 1.54) is 6.07 Å². The van der Waals surface area contributed by atoms with Crippen LogP contribution in [0.5, 0.6) is 0 Å². The van der Waals surface area contributed by atoms with Crippen molar-refractivity contribution >= 4 is 23.5 Å². The summed E-state index contributed by atoms with van der Waals surface area (Å²) in [5, 5.41) is 6.44. The number of hydrazone groups is 1. The van der Waals surface area contributed by atoms with E-state index in [9.17, 15) is 4.39 Å². The highest BCUT2D eigenvalue weighted by molar-refractivity contribution is 6.30. The third-order valence-corrected chi connectivity index (χ3v) is 4.19. The Morgan fingerprint density at radius 3 is 2.73 bits per heavy atom. The maximum absolute atomic E-state index is 13.9. The minimum Gasteiger partial charge on any atom is -0.259 e.